The molecule has 0 spiro atoms. The third-order valence-corrected chi connectivity index (χ3v) is 4.23. The molecule has 1 atom stereocenters. The van der Waals surface area contributed by atoms with E-state index in [1.165, 1.54) is 0 Å². The van der Waals surface area contributed by atoms with E-state index in [1.807, 2.05) is 31.2 Å². The number of rotatable bonds is 3. The molecule has 1 heterocycles. The number of anilines is 1. The molecule has 1 saturated carbocycles. The summed E-state index contributed by atoms with van der Waals surface area (Å²) in [5.41, 5.74) is 2.59. The minimum absolute atomic E-state index is 0.0803. The summed E-state index contributed by atoms with van der Waals surface area (Å²) in [5.74, 6) is 0.0803. The predicted molar refractivity (Wildman–Crippen MR) is 82.0 cm³/mol. The fourth-order valence-electron chi connectivity index (χ4n) is 2.84. The Kier molecular flexibility index (Phi) is 3.82. The van der Waals surface area contributed by atoms with Gasteiger partial charge in [-0.1, -0.05) is 23.4 Å². The largest absolute Gasteiger partial charge is 0.411 e. The average molecular weight is 287 g/mol. The summed E-state index contributed by atoms with van der Waals surface area (Å²) in [4.78, 5) is 14.4. The molecule has 0 radical (unpaired) electrons. The van der Waals surface area contributed by atoms with Crippen molar-refractivity contribution >= 4 is 17.3 Å². The van der Waals surface area contributed by atoms with Crippen LogP contribution in [0.2, 0.25) is 0 Å². The van der Waals surface area contributed by atoms with Crippen LogP contribution in [0.25, 0.3) is 0 Å². The van der Waals surface area contributed by atoms with Crippen molar-refractivity contribution in [2.75, 3.05) is 11.4 Å². The first kappa shape index (κ1) is 13.9. The Labute approximate surface area is 124 Å². The van der Waals surface area contributed by atoms with E-state index in [4.69, 9.17) is 0 Å². The second kappa shape index (κ2) is 5.76. The molecule has 2 N–H and O–H groups in total. The first-order valence-electron chi connectivity index (χ1n) is 7.58. The highest BCUT2D eigenvalue weighted by Crippen LogP contribution is 2.28. The van der Waals surface area contributed by atoms with Gasteiger partial charge in [0.2, 0.25) is 5.91 Å². The van der Waals surface area contributed by atoms with Crippen molar-refractivity contribution in [1.29, 1.82) is 0 Å². The van der Waals surface area contributed by atoms with Crippen molar-refractivity contribution in [2.24, 2.45) is 5.16 Å². The number of nitrogens with one attached hydrogen (secondary N) is 1. The molecule has 1 aliphatic heterocycles. The van der Waals surface area contributed by atoms with Crippen molar-refractivity contribution in [3.63, 3.8) is 0 Å². The van der Waals surface area contributed by atoms with E-state index in [-0.39, 0.29) is 11.9 Å². The molecule has 1 fully saturated rings. The Hall–Kier alpha value is -2.04. The van der Waals surface area contributed by atoms with Crippen LogP contribution in [0.3, 0.4) is 0 Å². The number of oxime groups is 1. The van der Waals surface area contributed by atoms with Gasteiger partial charge in [-0.25, -0.2) is 0 Å². The molecule has 0 bridgehead atoms. The lowest BCUT2D eigenvalue weighted by Crippen LogP contribution is -2.46. The van der Waals surface area contributed by atoms with E-state index in [0.717, 1.165) is 43.5 Å². The van der Waals surface area contributed by atoms with Gasteiger partial charge in [0.15, 0.2) is 0 Å². The smallest absolute Gasteiger partial charge is 0.242 e. The highest BCUT2D eigenvalue weighted by atomic mass is 16.4. The van der Waals surface area contributed by atoms with Crippen LogP contribution in [-0.2, 0) is 4.79 Å². The van der Waals surface area contributed by atoms with Gasteiger partial charge in [-0.05, 0) is 38.7 Å². The van der Waals surface area contributed by atoms with Gasteiger partial charge in [-0.2, -0.15) is 0 Å². The second-order valence-corrected chi connectivity index (χ2v) is 5.82. The summed E-state index contributed by atoms with van der Waals surface area (Å²) >= 11 is 0. The standard InChI is InChI=1S/C16H21N3O2/c1-11(16(20)17-12-8-9-12)19-10-4-6-14(18-21)13-5-2-3-7-15(13)19/h2-3,5,7,11-12,21H,4,6,8-10H2,1H3,(H,17,20)/b18-14-. The second-order valence-electron chi connectivity index (χ2n) is 5.82. The first-order valence-corrected chi connectivity index (χ1v) is 7.58. The quantitative estimate of drug-likeness (QED) is 0.661. The SMILES string of the molecule is CC(C(=O)NC1CC1)N1CCC/C(=N/O)c2ccccc21. The molecular weight excluding hydrogens is 266 g/mol. The maximum atomic E-state index is 12.3. The topological polar surface area (TPSA) is 64.9 Å². The van der Waals surface area contributed by atoms with Crippen LogP contribution in [0, 0.1) is 0 Å². The minimum Gasteiger partial charge on any atom is -0.411 e. The molecule has 1 amide bonds. The maximum absolute atomic E-state index is 12.3. The Morgan fingerprint density at radius 2 is 2.19 bits per heavy atom. The average Bonchev–Trinajstić information content (AvgIpc) is 3.32. The number of amides is 1. The molecule has 21 heavy (non-hydrogen) atoms. The van der Waals surface area contributed by atoms with Crippen LogP contribution < -0.4 is 10.2 Å². The zero-order chi connectivity index (χ0) is 14.8. The summed E-state index contributed by atoms with van der Waals surface area (Å²) in [7, 11) is 0. The molecule has 0 aromatic heterocycles. The van der Waals surface area contributed by atoms with Crippen molar-refractivity contribution in [3.05, 3.63) is 29.8 Å². The van der Waals surface area contributed by atoms with Crippen LogP contribution in [0.1, 0.15) is 38.2 Å². The van der Waals surface area contributed by atoms with Gasteiger partial charge in [-0.3, -0.25) is 4.79 Å². The number of carbonyl (C=O) groups is 1. The lowest BCUT2D eigenvalue weighted by molar-refractivity contribution is -0.122. The van der Waals surface area contributed by atoms with E-state index in [0.29, 0.717) is 11.8 Å². The summed E-state index contributed by atoms with van der Waals surface area (Å²) in [5, 5.41) is 15.7. The highest BCUT2D eigenvalue weighted by Gasteiger charge is 2.30. The molecule has 112 valence electrons. The van der Waals surface area contributed by atoms with E-state index < -0.39 is 0 Å². The van der Waals surface area contributed by atoms with Crippen molar-refractivity contribution in [2.45, 2.75) is 44.7 Å². The molecule has 1 aliphatic carbocycles. The summed E-state index contributed by atoms with van der Waals surface area (Å²) < 4.78 is 0. The third-order valence-electron chi connectivity index (χ3n) is 4.23. The number of nitrogens with zero attached hydrogens (tertiary/aromatic N) is 2. The van der Waals surface area contributed by atoms with Crippen LogP contribution in [0.4, 0.5) is 5.69 Å². The summed E-state index contributed by atoms with van der Waals surface area (Å²) in [6, 6.07) is 7.99. The zero-order valence-electron chi connectivity index (χ0n) is 12.2. The van der Waals surface area contributed by atoms with Crippen molar-refractivity contribution in [1.82, 2.24) is 5.32 Å². The van der Waals surface area contributed by atoms with Crippen LogP contribution in [0.5, 0.6) is 0 Å². The van der Waals surface area contributed by atoms with Crippen LogP contribution in [-0.4, -0.2) is 35.5 Å². The Balaban J connectivity index is 1.88. The number of hydrogen-bond donors (Lipinski definition) is 2. The normalized spacial score (nSPS) is 21.6. The minimum atomic E-state index is -0.218. The van der Waals surface area contributed by atoms with Crippen LogP contribution >= 0.6 is 0 Å². The molecule has 1 aromatic rings. The summed E-state index contributed by atoms with van der Waals surface area (Å²) in [6.45, 7) is 2.73. The molecule has 3 rings (SSSR count). The maximum Gasteiger partial charge on any atom is 0.242 e. The zero-order valence-corrected chi connectivity index (χ0v) is 12.2. The van der Waals surface area contributed by atoms with Gasteiger partial charge in [-0.15, -0.1) is 0 Å². The molecule has 5 heteroatoms. The number of para-hydroxylation sites is 1. The Bertz CT molecular complexity index is 566. The third kappa shape index (κ3) is 2.86. The number of hydrogen-bond acceptors (Lipinski definition) is 4. The van der Waals surface area contributed by atoms with E-state index in [2.05, 4.69) is 15.4 Å². The van der Waals surface area contributed by atoms with Gasteiger partial charge < -0.3 is 15.4 Å². The van der Waals surface area contributed by atoms with Gasteiger partial charge in [0, 0.05) is 23.8 Å². The lowest BCUT2D eigenvalue weighted by atomic mass is 10.1. The first-order chi connectivity index (χ1) is 10.2. The molecule has 0 saturated heterocycles. The number of carbonyl (C=O) groups excluding carboxylic acids is 1. The fraction of sp³-hybridized carbons (Fsp3) is 0.500. The van der Waals surface area contributed by atoms with E-state index >= 15 is 0 Å². The lowest BCUT2D eigenvalue weighted by Gasteiger charge is -2.30. The predicted octanol–water partition coefficient (Wildman–Crippen LogP) is 2.13. The van der Waals surface area contributed by atoms with Crippen LogP contribution in [0.15, 0.2) is 29.4 Å². The Morgan fingerprint density at radius 1 is 1.43 bits per heavy atom. The van der Waals surface area contributed by atoms with E-state index in [9.17, 15) is 10.0 Å². The van der Waals surface area contributed by atoms with Gasteiger partial charge in [0.25, 0.3) is 0 Å². The number of benzene rings is 1. The molecule has 5 nitrogen and oxygen atoms in total. The van der Waals surface area contributed by atoms with Gasteiger partial charge in [0.05, 0.1) is 5.71 Å². The van der Waals surface area contributed by atoms with Gasteiger partial charge in [0.1, 0.15) is 6.04 Å². The molecule has 1 unspecified atom stereocenters. The Morgan fingerprint density at radius 3 is 2.90 bits per heavy atom. The fourth-order valence-corrected chi connectivity index (χ4v) is 2.84. The molecular formula is C16H21N3O2. The number of fused-ring (bicyclic) bond motifs is 1. The molecule has 2 aliphatic rings. The monoisotopic (exact) mass is 287 g/mol. The molecule has 1 aromatic carbocycles. The van der Waals surface area contributed by atoms with Gasteiger partial charge >= 0.3 is 0 Å². The highest BCUT2D eigenvalue weighted by molar-refractivity contribution is 6.06. The van der Waals surface area contributed by atoms with Crippen molar-refractivity contribution in [3.8, 4) is 0 Å². The van der Waals surface area contributed by atoms with E-state index in [1.54, 1.807) is 0 Å². The van der Waals surface area contributed by atoms with Crippen molar-refractivity contribution < 1.29 is 10.0 Å². The summed E-state index contributed by atoms with van der Waals surface area (Å²) in [6.07, 6.45) is 3.78.